The summed E-state index contributed by atoms with van der Waals surface area (Å²) in [5.41, 5.74) is 3.66. The summed E-state index contributed by atoms with van der Waals surface area (Å²) in [5.74, 6) is -0.173. The molecule has 3 aromatic rings. The van der Waals surface area contributed by atoms with Crippen molar-refractivity contribution in [2.24, 2.45) is 0 Å². The molecule has 2 heterocycles. The maximum absolute atomic E-state index is 13.8. The number of anilines is 1. The van der Waals surface area contributed by atoms with Crippen LogP contribution in [0.3, 0.4) is 0 Å². The lowest BCUT2D eigenvalue weighted by atomic mass is 10.1. The molecule has 0 aliphatic carbocycles. The molecule has 0 saturated carbocycles. The van der Waals surface area contributed by atoms with Gasteiger partial charge in [0.2, 0.25) is 10.0 Å². The summed E-state index contributed by atoms with van der Waals surface area (Å²) in [6.45, 7) is 13.6. The highest BCUT2D eigenvalue weighted by Crippen LogP contribution is 2.33. The molecule has 0 unspecified atom stereocenters. The number of thiazole rings is 1. The van der Waals surface area contributed by atoms with Crippen LogP contribution in [0, 0.1) is 13.8 Å². The van der Waals surface area contributed by atoms with Crippen molar-refractivity contribution in [1.29, 1.82) is 0 Å². The van der Waals surface area contributed by atoms with Crippen LogP contribution in [0.4, 0.5) is 5.13 Å². The van der Waals surface area contributed by atoms with Crippen LogP contribution < -0.4 is 4.90 Å². The highest BCUT2D eigenvalue weighted by Gasteiger charge is 2.25. The molecule has 0 radical (unpaired) electrons. The second kappa shape index (κ2) is 13.3. The van der Waals surface area contributed by atoms with Crippen molar-refractivity contribution in [3.63, 3.8) is 0 Å². The number of aryl methyl sites for hydroxylation is 2. The fraction of sp³-hybridized carbons (Fsp3) is 0.517. The molecule has 0 bridgehead atoms. The van der Waals surface area contributed by atoms with Gasteiger partial charge in [-0.3, -0.25) is 14.6 Å². The third-order valence-corrected chi connectivity index (χ3v) is 10.4. The van der Waals surface area contributed by atoms with E-state index in [9.17, 15) is 13.2 Å². The molecule has 1 aliphatic rings. The summed E-state index contributed by atoms with van der Waals surface area (Å²) in [5, 5.41) is 0.666. The zero-order chi connectivity index (χ0) is 28.0. The van der Waals surface area contributed by atoms with Crippen molar-refractivity contribution in [3.05, 3.63) is 53.1 Å². The number of carbonyl (C=O) groups is 1. The normalized spacial score (nSPS) is 14.8. The van der Waals surface area contributed by atoms with Crippen LogP contribution >= 0.6 is 11.3 Å². The van der Waals surface area contributed by atoms with Gasteiger partial charge in [-0.1, -0.05) is 37.7 Å². The van der Waals surface area contributed by atoms with Gasteiger partial charge in [-0.2, -0.15) is 4.31 Å². The van der Waals surface area contributed by atoms with Crippen molar-refractivity contribution in [1.82, 2.24) is 14.2 Å². The molecular weight excluding hydrogens is 532 g/mol. The summed E-state index contributed by atoms with van der Waals surface area (Å²) in [4.78, 5) is 23.1. The molecule has 1 amide bonds. The Morgan fingerprint density at radius 3 is 2.41 bits per heavy atom. The second-order valence-corrected chi connectivity index (χ2v) is 12.9. The summed E-state index contributed by atoms with van der Waals surface area (Å²) in [7, 11) is -3.61. The van der Waals surface area contributed by atoms with Gasteiger partial charge in [-0.05, 0) is 68.1 Å². The first-order valence-corrected chi connectivity index (χ1v) is 16.1. The zero-order valence-electron chi connectivity index (χ0n) is 23.5. The first-order valence-electron chi connectivity index (χ1n) is 13.8. The van der Waals surface area contributed by atoms with Gasteiger partial charge in [-0.25, -0.2) is 13.4 Å². The fourth-order valence-electron chi connectivity index (χ4n) is 4.75. The average Bonchev–Trinajstić information content (AvgIpc) is 3.38. The van der Waals surface area contributed by atoms with E-state index in [-0.39, 0.29) is 10.8 Å². The van der Waals surface area contributed by atoms with Crippen LogP contribution in [0.15, 0.2) is 41.3 Å². The highest BCUT2D eigenvalue weighted by atomic mass is 32.2. The lowest BCUT2D eigenvalue weighted by Crippen LogP contribution is -2.39. The number of sulfonamides is 1. The SMILES string of the molecule is CCCCN(CC)S(=O)(=O)c1ccc(C(=O)N(CCCN2CCOCC2)c2nc3c(C)c(C)ccc3s2)cc1. The van der Waals surface area contributed by atoms with Gasteiger partial charge in [0.1, 0.15) is 0 Å². The van der Waals surface area contributed by atoms with Crippen molar-refractivity contribution in [2.75, 3.05) is 57.4 Å². The fourth-order valence-corrected chi connectivity index (χ4v) is 7.29. The van der Waals surface area contributed by atoms with E-state index >= 15 is 0 Å². The van der Waals surface area contributed by atoms with E-state index in [1.165, 1.54) is 21.2 Å². The molecule has 4 rings (SSSR count). The van der Waals surface area contributed by atoms with Crippen molar-refractivity contribution in [2.45, 2.75) is 51.9 Å². The minimum Gasteiger partial charge on any atom is -0.379 e. The second-order valence-electron chi connectivity index (χ2n) is 9.99. The zero-order valence-corrected chi connectivity index (χ0v) is 25.1. The number of fused-ring (bicyclic) bond motifs is 1. The third-order valence-electron chi connectivity index (χ3n) is 7.36. The lowest BCUT2D eigenvalue weighted by molar-refractivity contribution is 0.0376. The Bertz CT molecular complexity index is 1370. The number of carbonyl (C=O) groups excluding carboxylic acids is 1. The minimum absolute atomic E-state index is 0.173. The van der Waals surface area contributed by atoms with E-state index in [1.54, 1.807) is 29.2 Å². The molecule has 8 nitrogen and oxygen atoms in total. The maximum atomic E-state index is 13.8. The number of aromatic nitrogens is 1. The molecular formula is C29H40N4O4S2. The molecule has 1 aliphatic heterocycles. The lowest BCUT2D eigenvalue weighted by Gasteiger charge is -2.27. The van der Waals surface area contributed by atoms with E-state index in [1.807, 2.05) is 13.8 Å². The first-order chi connectivity index (χ1) is 18.8. The molecule has 39 heavy (non-hydrogen) atoms. The van der Waals surface area contributed by atoms with Crippen LogP contribution in [0.2, 0.25) is 0 Å². The quantitative estimate of drug-likeness (QED) is 0.301. The number of hydrogen-bond donors (Lipinski definition) is 0. The van der Waals surface area contributed by atoms with Crippen molar-refractivity contribution >= 4 is 42.6 Å². The highest BCUT2D eigenvalue weighted by molar-refractivity contribution is 7.89. The van der Waals surface area contributed by atoms with Gasteiger partial charge < -0.3 is 4.74 Å². The van der Waals surface area contributed by atoms with Crippen molar-refractivity contribution in [3.8, 4) is 0 Å². The third kappa shape index (κ3) is 6.86. The first kappa shape index (κ1) is 29.6. The minimum atomic E-state index is -3.61. The largest absolute Gasteiger partial charge is 0.379 e. The van der Waals surface area contributed by atoms with Crippen molar-refractivity contribution < 1.29 is 17.9 Å². The molecule has 1 fully saturated rings. The number of nitrogens with zero attached hydrogens (tertiary/aromatic N) is 4. The predicted octanol–water partition coefficient (Wildman–Crippen LogP) is 5.09. The number of amides is 1. The Kier molecular flexibility index (Phi) is 10.1. The number of hydrogen-bond acceptors (Lipinski definition) is 7. The smallest absolute Gasteiger partial charge is 0.260 e. The summed E-state index contributed by atoms with van der Waals surface area (Å²) in [6, 6.07) is 10.5. The van der Waals surface area contributed by atoms with Crippen LogP contribution in [-0.4, -0.2) is 81.0 Å². The van der Waals surface area contributed by atoms with Crippen LogP contribution in [0.1, 0.15) is 54.6 Å². The Morgan fingerprint density at radius 2 is 1.74 bits per heavy atom. The van der Waals surface area contributed by atoms with E-state index < -0.39 is 10.0 Å². The molecule has 10 heteroatoms. The summed E-state index contributed by atoms with van der Waals surface area (Å²) in [6.07, 6.45) is 2.53. The molecule has 212 valence electrons. The number of ether oxygens (including phenoxy) is 1. The maximum Gasteiger partial charge on any atom is 0.260 e. The van der Waals surface area contributed by atoms with Crippen LogP contribution in [0.5, 0.6) is 0 Å². The monoisotopic (exact) mass is 572 g/mol. The average molecular weight is 573 g/mol. The van der Waals surface area contributed by atoms with E-state index in [2.05, 4.69) is 30.9 Å². The number of unbranched alkanes of at least 4 members (excludes halogenated alkanes) is 1. The predicted molar refractivity (Wildman–Crippen MR) is 158 cm³/mol. The van der Waals surface area contributed by atoms with E-state index in [0.29, 0.717) is 30.3 Å². The van der Waals surface area contributed by atoms with E-state index in [0.717, 1.165) is 67.9 Å². The van der Waals surface area contributed by atoms with E-state index in [4.69, 9.17) is 9.72 Å². The molecule has 0 spiro atoms. The van der Waals surface area contributed by atoms with Gasteiger partial charge in [0.05, 0.1) is 28.3 Å². The number of benzene rings is 2. The number of morpholine rings is 1. The Balaban J connectivity index is 1.59. The Labute approximate surface area is 236 Å². The van der Waals surface area contributed by atoms with Crippen LogP contribution in [-0.2, 0) is 14.8 Å². The molecule has 1 aromatic heterocycles. The topological polar surface area (TPSA) is 83.1 Å². The van der Waals surface area contributed by atoms with Gasteiger partial charge in [0, 0.05) is 44.8 Å². The Morgan fingerprint density at radius 1 is 1.03 bits per heavy atom. The number of rotatable bonds is 12. The molecule has 1 saturated heterocycles. The Hall–Kier alpha value is -2.37. The molecule has 0 atom stereocenters. The van der Waals surface area contributed by atoms with Gasteiger partial charge in [0.15, 0.2) is 5.13 Å². The van der Waals surface area contributed by atoms with Gasteiger partial charge in [0.25, 0.3) is 5.91 Å². The standard InChI is InChI=1S/C29H40N4O4S2/c1-5-7-16-32(6-2)39(35,36)25-12-10-24(11-13-25)28(34)33(17-8-15-31-18-20-37-21-19-31)29-30-27-23(4)22(3)9-14-26(27)38-29/h9-14H,5-8,15-21H2,1-4H3. The van der Waals surface area contributed by atoms with Crippen LogP contribution in [0.25, 0.3) is 10.2 Å². The summed E-state index contributed by atoms with van der Waals surface area (Å²) >= 11 is 1.52. The van der Waals surface area contributed by atoms with Gasteiger partial charge in [-0.15, -0.1) is 0 Å². The summed E-state index contributed by atoms with van der Waals surface area (Å²) < 4.78 is 34.3. The molecule has 0 N–H and O–H groups in total. The van der Waals surface area contributed by atoms with Gasteiger partial charge >= 0.3 is 0 Å². The molecule has 2 aromatic carbocycles.